The Hall–Kier alpha value is -5.68. The summed E-state index contributed by atoms with van der Waals surface area (Å²) < 4.78 is 15.1. The maximum atomic E-state index is 6.70. The van der Waals surface area contributed by atoms with Crippen LogP contribution in [0.3, 0.4) is 0 Å². The quantitative estimate of drug-likeness (QED) is 0.214. The first-order valence-corrected chi connectivity index (χ1v) is 13.7. The van der Waals surface area contributed by atoms with Crippen molar-refractivity contribution >= 4 is 65.4 Å². The zero-order valence-electron chi connectivity index (χ0n) is 21.6. The van der Waals surface area contributed by atoms with Crippen LogP contribution in [0, 0.1) is 0 Å². The molecule has 0 aliphatic carbocycles. The molecule has 0 atom stereocenters. The predicted molar refractivity (Wildman–Crippen MR) is 164 cm³/mol. The Morgan fingerprint density at radius 2 is 1.24 bits per heavy atom. The summed E-state index contributed by atoms with van der Waals surface area (Å²) in [5.41, 5.74) is 6.37. The van der Waals surface area contributed by atoms with Crippen molar-refractivity contribution in [3.63, 3.8) is 0 Å². The minimum Gasteiger partial charge on any atom is -0.456 e. The smallest absolute Gasteiger partial charge is 0.235 e. The second-order valence-electron chi connectivity index (χ2n) is 10.5. The normalized spacial score (nSPS) is 12.6. The molecule has 4 heterocycles. The van der Waals surface area contributed by atoms with E-state index in [9.17, 15) is 0 Å². The number of ether oxygens (including phenoxy) is 1. The van der Waals surface area contributed by atoms with Gasteiger partial charge < -0.3 is 9.15 Å². The zero-order valence-corrected chi connectivity index (χ0v) is 21.6. The van der Waals surface area contributed by atoms with Crippen LogP contribution in [0.4, 0.5) is 0 Å². The summed E-state index contributed by atoms with van der Waals surface area (Å²) in [6.45, 7) is 0. The largest absolute Gasteiger partial charge is 0.456 e. The molecule has 0 N–H and O–H groups in total. The van der Waals surface area contributed by atoms with Crippen molar-refractivity contribution in [2.45, 2.75) is 0 Å². The molecule has 0 radical (unpaired) electrons. The molecule has 41 heavy (non-hydrogen) atoms. The molecule has 1 aliphatic rings. The van der Waals surface area contributed by atoms with Crippen molar-refractivity contribution in [3.8, 4) is 28.7 Å². The van der Waals surface area contributed by atoms with Crippen molar-refractivity contribution in [2.24, 2.45) is 0 Å². The molecule has 0 amide bonds. The molecule has 6 aromatic carbocycles. The van der Waals surface area contributed by atoms with E-state index in [0.717, 1.165) is 77.4 Å². The Balaban J connectivity index is 1.46. The van der Waals surface area contributed by atoms with Gasteiger partial charge >= 0.3 is 0 Å². The van der Waals surface area contributed by atoms with Crippen LogP contribution in [-0.4, -0.2) is 14.5 Å². The molecule has 0 spiro atoms. The van der Waals surface area contributed by atoms with Gasteiger partial charge in [0.05, 0.1) is 22.1 Å². The van der Waals surface area contributed by atoms with Crippen LogP contribution >= 0.6 is 0 Å². The van der Waals surface area contributed by atoms with E-state index in [-0.39, 0.29) is 0 Å². The Kier molecular flexibility index (Phi) is 3.87. The third kappa shape index (κ3) is 2.65. The Morgan fingerprint density at radius 3 is 2.15 bits per heavy atom. The lowest BCUT2D eigenvalue weighted by molar-refractivity contribution is 0.486. The fourth-order valence-electron chi connectivity index (χ4n) is 6.72. The molecule has 10 rings (SSSR count). The molecule has 5 nitrogen and oxygen atoms in total. The highest BCUT2D eigenvalue weighted by Gasteiger charge is 2.27. The molecule has 1 aliphatic heterocycles. The number of hydrogen-bond donors (Lipinski definition) is 0. The number of rotatable bonds is 1. The minimum absolute atomic E-state index is 0.601. The molecule has 3 aromatic heterocycles. The molecule has 9 aromatic rings. The van der Waals surface area contributed by atoms with Crippen molar-refractivity contribution in [1.82, 2.24) is 14.5 Å². The highest BCUT2D eigenvalue weighted by molar-refractivity contribution is 6.35. The minimum atomic E-state index is 0.601. The molecule has 0 saturated heterocycles. The van der Waals surface area contributed by atoms with Crippen LogP contribution in [0.2, 0.25) is 0 Å². The first kappa shape index (κ1) is 21.2. The van der Waals surface area contributed by atoms with Gasteiger partial charge in [-0.15, -0.1) is 0 Å². The van der Waals surface area contributed by atoms with Gasteiger partial charge in [-0.3, -0.25) is 4.57 Å². The molecule has 0 unspecified atom stereocenters. The van der Waals surface area contributed by atoms with Gasteiger partial charge in [0.15, 0.2) is 5.58 Å². The third-order valence-corrected chi connectivity index (χ3v) is 8.39. The number of hydrogen-bond acceptors (Lipinski definition) is 4. The number of furan rings is 1. The van der Waals surface area contributed by atoms with Gasteiger partial charge in [0, 0.05) is 27.1 Å². The van der Waals surface area contributed by atoms with E-state index in [4.69, 9.17) is 19.1 Å². The van der Waals surface area contributed by atoms with Gasteiger partial charge in [-0.05, 0) is 47.2 Å². The zero-order chi connectivity index (χ0) is 26.7. The SMILES string of the molecule is c1ccc2c(c1)Oc1cccc3nc(-n4c5ccccc5c5c6ccccc6c6c7ccccc7oc6c54)nc-2c13. The lowest BCUT2D eigenvalue weighted by Crippen LogP contribution is -2.06. The molecular weight excluding hydrogens is 506 g/mol. The fraction of sp³-hybridized carbons (Fsp3) is 0. The Bertz CT molecular complexity index is 2570. The van der Waals surface area contributed by atoms with E-state index in [0.29, 0.717) is 5.95 Å². The third-order valence-electron chi connectivity index (χ3n) is 8.39. The second kappa shape index (κ2) is 7.49. The summed E-state index contributed by atoms with van der Waals surface area (Å²) in [4.78, 5) is 10.5. The summed E-state index contributed by atoms with van der Waals surface area (Å²) >= 11 is 0. The molecule has 0 fully saturated rings. The van der Waals surface area contributed by atoms with Crippen molar-refractivity contribution in [2.75, 3.05) is 0 Å². The average molecular weight is 526 g/mol. The highest BCUT2D eigenvalue weighted by Crippen LogP contribution is 2.48. The van der Waals surface area contributed by atoms with Crippen LogP contribution in [0.15, 0.2) is 120 Å². The molecule has 190 valence electrons. The van der Waals surface area contributed by atoms with Crippen LogP contribution < -0.4 is 4.74 Å². The standard InChI is InChI=1S/C36H19N3O2/c1-2-11-21-20(10-1)30-22-12-3-6-16-26(22)39(34(30)35-31(21)23-13-4-7-17-27(23)41-35)36-37-25-15-9-19-29-32(25)33(38-36)24-14-5-8-18-28(24)40-29/h1-19H. The Morgan fingerprint density at radius 1 is 0.537 bits per heavy atom. The first-order chi connectivity index (χ1) is 20.3. The van der Waals surface area contributed by atoms with Crippen LogP contribution in [0.25, 0.3) is 82.6 Å². The Labute approximate surface area is 232 Å². The molecule has 0 saturated carbocycles. The van der Waals surface area contributed by atoms with E-state index >= 15 is 0 Å². The summed E-state index contributed by atoms with van der Waals surface area (Å²) in [5.74, 6) is 2.17. The van der Waals surface area contributed by atoms with E-state index < -0.39 is 0 Å². The number of para-hydroxylation sites is 3. The number of fused-ring (bicyclic) bond motifs is 12. The second-order valence-corrected chi connectivity index (χ2v) is 10.5. The average Bonchev–Trinajstić information content (AvgIpc) is 3.58. The lowest BCUT2D eigenvalue weighted by atomic mass is 9.99. The number of aromatic nitrogens is 3. The summed E-state index contributed by atoms with van der Waals surface area (Å²) in [6.07, 6.45) is 0. The lowest BCUT2D eigenvalue weighted by Gasteiger charge is -2.21. The molecular formula is C36H19N3O2. The summed E-state index contributed by atoms with van der Waals surface area (Å²) in [7, 11) is 0. The molecule has 5 heteroatoms. The van der Waals surface area contributed by atoms with Gasteiger partial charge in [0.25, 0.3) is 0 Å². The number of nitrogens with zero attached hydrogens (tertiary/aromatic N) is 3. The van der Waals surface area contributed by atoms with E-state index in [1.165, 1.54) is 10.8 Å². The maximum Gasteiger partial charge on any atom is 0.235 e. The van der Waals surface area contributed by atoms with Crippen LogP contribution in [0.1, 0.15) is 0 Å². The van der Waals surface area contributed by atoms with E-state index in [2.05, 4.69) is 71.3 Å². The van der Waals surface area contributed by atoms with Crippen molar-refractivity contribution in [3.05, 3.63) is 115 Å². The molecule has 0 bridgehead atoms. The monoisotopic (exact) mass is 525 g/mol. The van der Waals surface area contributed by atoms with Gasteiger partial charge in [-0.2, -0.15) is 0 Å². The predicted octanol–water partition coefficient (Wildman–Crippen LogP) is 9.55. The van der Waals surface area contributed by atoms with E-state index in [1.54, 1.807) is 0 Å². The maximum absolute atomic E-state index is 6.70. The summed E-state index contributed by atoms with van der Waals surface area (Å²) in [5, 5.41) is 7.76. The van der Waals surface area contributed by atoms with Crippen molar-refractivity contribution < 1.29 is 9.15 Å². The first-order valence-electron chi connectivity index (χ1n) is 13.7. The van der Waals surface area contributed by atoms with Gasteiger partial charge in [-0.25, -0.2) is 9.97 Å². The van der Waals surface area contributed by atoms with Gasteiger partial charge in [-0.1, -0.05) is 78.9 Å². The van der Waals surface area contributed by atoms with Crippen LogP contribution in [-0.2, 0) is 0 Å². The fourth-order valence-corrected chi connectivity index (χ4v) is 6.72. The van der Waals surface area contributed by atoms with Crippen molar-refractivity contribution in [1.29, 1.82) is 0 Å². The van der Waals surface area contributed by atoms with Crippen LogP contribution in [0.5, 0.6) is 11.5 Å². The van der Waals surface area contributed by atoms with Gasteiger partial charge in [0.2, 0.25) is 5.95 Å². The van der Waals surface area contributed by atoms with Gasteiger partial charge in [0.1, 0.15) is 22.6 Å². The van der Waals surface area contributed by atoms with E-state index in [1.807, 2.05) is 48.5 Å². The number of benzene rings is 6. The topological polar surface area (TPSA) is 53.1 Å². The summed E-state index contributed by atoms with van der Waals surface area (Å²) in [6, 6.07) is 39.4. The highest BCUT2D eigenvalue weighted by atomic mass is 16.5.